The first-order valence-electron chi connectivity index (χ1n) is 9.91. The first-order valence-corrected chi connectivity index (χ1v) is 9.91. The molecule has 1 aromatic heterocycles. The van der Waals surface area contributed by atoms with E-state index < -0.39 is 0 Å². The molecule has 6 nitrogen and oxygen atoms in total. The molecule has 2 saturated heterocycles. The molecule has 1 aromatic carbocycles. The lowest BCUT2D eigenvalue weighted by Gasteiger charge is -2.30. The number of nitrogens with one attached hydrogen (secondary N) is 1. The summed E-state index contributed by atoms with van der Waals surface area (Å²) in [7, 11) is 0. The van der Waals surface area contributed by atoms with Crippen LogP contribution in [0.3, 0.4) is 0 Å². The van der Waals surface area contributed by atoms with Crippen LogP contribution in [0.5, 0.6) is 0 Å². The van der Waals surface area contributed by atoms with Crippen LogP contribution in [0.4, 0.5) is 5.69 Å². The zero-order valence-electron chi connectivity index (χ0n) is 16.3. The third kappa shape index (κ3) is 4.34. The molecule has 0 saturated carbocycles. The molecule has 2 aromatic rings. The van der Waals surface area contributed by atoms with E-state index in [1.165, 1.54) is 11.3 Å². The van der Waals surface area contributed by atoms with Crippen molar-refractivity contribution in [2.75, 3.05) is 44.4 Å². The first kappa shape index (κ1) is 18.9. The summed E-state index contributed by atoms with van der Waals surface area (Å²) in [5, 5.41) is 3.18. The van der Waals surface area contributed by atoms with Gasteiger partial charge in [0.25, 0.3) is 5.91 Å². The van der Waals surface area contributed by atoms with E-state index in [-0.39, 0.29) is 17.9 Å². The molecule has 2 aliphatic rings. The number of pyridine rings is 1. The lowest BCUT2D eigenvalue weighted by molar-refractivity contribution is 0.0925. The number of hydrogen-bond donors (Lipinski definition) is 1. The quantitative estimate of drug-likeness (QED) is 0.860. The number of hydrogen-bond acceptors (Lipinski definition) is 5. The first-order chi connectivity index (χ1) is 13.7. The van der Waals surface area contributed by atoms with Gasteiger partial charge in [0, 0.05) is 42.7 Å². The van der Waals surface area contributed by atoms with Crippen LogP contribution in [0, 0.1) is 12.8 Å². The Morgan fingerprint density at radius 3 is 2.68 bits per heavy atom. The van der Waals surface area contributed by atoms with Gasteiger partial charge in [0.05, 0.1) is 32.5 Å². The van der Waals surface area contributed by atoms with E-state index in [9.17, 15) is 4.79 Å². The van der Waals surface area contributed by atoms with Crippen molar-refractivity contribution in [1.29, 1.82) is 0 Å². The van der Waals surface area contributed by atoms with Gasteiger partial charge >= 0.3 is 0 Å². The maximum atomic E-state index is 12.8. The fourth-order valence-corrected chi connectivity index (χ4v) is 3.99. The van der Waals surface area contributed by atoms with Gasteiger partial charge in [-0.05, 0) is 54.8 Å². The smallest absolute Gasteiger partial charge is 0.251 e. The van der Waals surface area contributed by atoms with Crippen LogP contribution in [-0.2, 0) is 15.9 Å². The number of aromatic nitrogens is 1. The number of benzene rings is 1. The largest absolute Gasteiger partial charge is 0.379 e. The number of carbonyl (C=O) groups excluding carboxylic acids is 1. The number of rotatable bonds is 5. The van der Waals surface area contributed by atoms with Gasteiger partial charge in [-0.25, -0.2) is 0 Å². The van der Waals surface area contributed by atoms with Crippen molar-refractivity contribution in [3.05, 3.63) is 59.4 Å². The molecule has 4 rings (SSSR count). The summed E-state index contributed by atoms with van der Waals surface area (Å²) in [5.74, 6) is 0.243. The van der Waals surface area contributed by atoms with Gasteiger partial charge in [-0.2, -0.15) is 0 Å². The van der Waals surface area contributed by atoms with E-state index in [4.69, 9.17) is 9.47 Å². The minimum absolute atomic E-state index is 0.0277. The van der Waals surface area contributed by atoms with Crippen LogP contribution in [-0.4, -0.2) is 56.5 Å². The highest BCUT2D eigenvalue weighted by Gasteiger charge is 2.30. The molecule has 6 heteroatoms. The Hall–Kier alpha value is -2.44. The minimum atomic E-state index is -0.0353. The van der Waals surface area contributed by atoms with Gasteiger partial charge in [-0.1, -0.05) is 0 Å². The summed E-state index contributed by atoms with van der Waals surface area (Å²) in [5.41, 5.74) is 4.21. The molecule has 0 aliphatic carbocycles. The molecule has 0 bridgehead atoms. The van der Waals surface area contributed by atoms with E-state index in [0.717, 1.165) is 38.3 Å². The Kier molecular flexibility index (Phi) is 5.88. The number of morpholine rings is 1. The van der Waals surface area contributed by atoms with Gasteiger partial charge in [-0.15, -0.1) is 0 Å². The number of ether oxygens (including phenoxy) is 2. The third-order valence-electron chi connectivity index (χ3n) is 5.57. The maximum absolute atomic E-state index is 12.8. The highest BCUT2D eigenvalue weighted by molar-refractivity contribution is 5.95. The van der Waals surface area contributed by atoms with Crippen LogP contribution >= 0.6 is 0 Å². The molecule has 0 spiro atoms. The minimum Gasteiger partial charge on any atom is -0.379 e. The summed E-state index contributed by atoms with van der Waals surface area (Å²) in [6, 6.07) is 10.0. The Morgan fingerprint density at radius 2 is 1.93 bits per heavy atom. The van der Waals surface area contributed by atoms with Crippen molar-refractivity contribution in [2.24, 2.45) is 5.92 Å². The van der Waals surface area contributed by atoms with Crippen molar-refractivity contribution < 1.29 is 14.3 Å². The number of anilines is 1. The van der Waals surface area contributed by atoms with Crippen molar-refractivity contribution >= 4 is 11.6 Å². The zero-order valence-corrected chi connectivity index (χ0v) is 16.3. The number of nitrogens with zero attached hydrogens (tertiary/aromatic N) is 2. The zero-order chi connectivity index (χ0) is 19.3. The fraction of sp³-hybridized carbons (Fsp3) is 0.455. The number of carbonyl (C=O) groups is 1. The summed E-state index contributed by atoms with van der Waals surface area (Å²) >= 11 is 0. The average Bonchev–Trinajstić information content (AvgIpc) is 3.16. The second-order valence-corrected chi connectivity index (χ2v) is 7.54. The maximum Gasteiger partial charge on any atom is 0.251 e. The standard InChI is InChI=1S/C22H27N3O3/c1-16-12-18(2-3-21(16)25-8-10-27-11-9-25)22(26)24-20-15-28-14-19(20)13-17-4-6-23-7-5-17/h2-7,12,19-20H,8-11,13-15H2,1H3,(H,24,26)/t19-,20+/m1/s1. The molecule has 28 heavy (non-hydrogen) atoms. The predicted octanol–water partition coefficient (Wildman–Crippen LogP) is 2.21. The van der Waals surface area contributed by atoms with E-state index >= 15 is 0 Å². The molecule has 0 unspecified atom stereocenters. The van der Waals surface area contributed by atoms with Gasteiger partial charge in [-0.3, -0.25) is 9.78 Å². The molecule has 148 valence electrons. The summed E-state index contributed by atoms with van der Waals surface area (Å²) in [4.78, 5) is 19.2. The normalized spacial score (nSPS) is 22.2. The van der Waals surface area contributed by atoms with Crippen LogP contribution in [0.1, 0.15) is 21.5 Å². The number of aryl methyl sites for hydroxylation is 1. The Bertz CT molecular complexity index is 806. The molecule has 2 fully saturated rings. The SMILES string of the molecule is Cc1cc(C(=O)N[C@H]2COC[C@H]2Cc2ccncc2)ccc1N1CCOCC1. The second-order valence-electron chi connectivity index (χ2n) is 7.54. The fourth-order valence-electron chi connectivity index (χ4n) is 3.99. The number of amides is 1. The molecule has 3 heterocycles. The van der Waals surface area contributed by atoms with Crippen molar-refractivity contribution in [3.8, 4) is 0 Å². The van der Waals surface area contributed by atoms with E-state index in [1.54, 1.807) is 12.4 Å². The lowest BCUT2D eigenvalue weighted by Crippen LogP contribution is -2.40. The summed E-state index contributed by atoms with van der Waals surface area (Å²) in [6.07, 6.45) is 4.48. The predicted molar refractivity (Wildman–Crippen MR) is 108 cm³/mol. The highest BCUT2D eigenvalue weighted by Crippen LogP contribution is 2.23. The molecule has 1 amide bonds. The lowest BCUT2D eigenvalue weighted by atomic mass is 9.95. The molecule has 2 aliphatic heterocycles. The van der Waals surface area contributed by atoms with Crippen molar-refractivity contribution in [2.45, 2.75) is 19.4 Å². The molecule has 0 radical (unpaired) electrons. The van der Waals surface area contributed by atoms with Gasteiger partial charge in [0.1, 0.15) is 0 Å². The molecular weight excluding hydrogens is 354 g/mol. The monoisotopic (exact) mass is 381 g/mol. The van der Waals surface area contributed by atoms with E-state index in [0.29, 0.717) is 18.8 Å². The van der Waals surface area contributed by atoms with Crippen LogP contribution in [0.25, 0.3) is 0 Å². The topological polar surface area (TPSA) is 63.7 Å². The molecule has 1 N–H and O–H groups in total. The van der Waals surface area contributed by atoms with Crippen LogP contribution in [0.15, 0.2) is 42.7 Å². The highest BCUT2D eigenvalue weighted by atomic mass is 16.5. The van der Waals surface area contributed by atoms with Gasteiger partial charge in [0.2, 0.25) is 0 Å². The van der Waals surface area contributed by atoms with Gasteiger partial charge in [0.15, 0.2) is 0 Å². The van der Waals surface area contributed by atoms with E-state index in [1.807, 2.05) is 24.3 Å². The van der Waals surface area contributed by atoms with Gasteiger partial charge < -0.3 is 19.7 Å². The Balaban J connectivity index is 1.40. The summed E-state index contributed by atoms with van der Waals surface area (Å²) in [6.45, 7) is 6.58. The molecule has 2 atom stereocenters. The van der Waals surface area contributed by atoms with Crippen LogP contribution < -0.4 is 10.2 Å². The third-order valence-corrected chi connectivity index (χ3v) is 5.57. The van der Waals surface area contributed by atoms with Crippen molar-refractivity contribution in [1.82, 2.24) is 10.3 Å². The average molecular weight is 381 g/mol. The Morgan fingerprint density at radius 1 is 1.14 bits per heavy atom. The summed E-state index contributed by atoms with van der Waals surface area (Å²) < 4.78 is 11.1. The molecular formula is C22H27N3O3. The van der Waals surface area contributed by atoms with Crippen LogP contribution in [0.2, 0.25) is 0 Å². The second kappa shape index (κ2) is 8.71. The Labute approximate surface area is 165 Å². The van der Waals surface area contributed by atoms with Crippen molar-refractivity contribution in [3.63, 3.8) is 0 Å². The van der Waals surface area contributed by atoms with E-state index in [2.05, 4.69) is 28.2 Å².